The minimum atomic E-state index is 0.834. The zero-order chi connectivity index (χ0) is 28.0. The van der Waals surface area contributed by atoms with Crippen molar-refractivity contribution >= 4 is 60.9 Å². The van der Waals surface area contributed by atoms with Crippen molar-refractivity contribution in [2.45, 2.75) is 6.42 Å². The highest BCUT2D eigenvalue weighted by Gasteiger charge is 2.18. The molecule has 0 saturated carbocycles. The molecule has 0 aliphatic heterocycles. The van der Waals surface area contributed by atoms with Crippen molar-refractivity contribution in [3.05, 3.63) is 152 Å². The van der Waals surface area contributed by atoms with E-state index in [-0.39, 0.29) is 0 Å². The molecule has 2 heterocycles. The Balaban J connectivity index is 1.28. The van der Waals surface area contributed by atoms with Gasteiger partial charge in [0.05, 0.1) is 0 Å². The van der Waals surface area contributed by atoms with Crippen molar-refractivity contribution in [2.75, 3.05) is 4.90 Å². The number of rotatable bonds is 6. The number of benzene rings is 6. The molecule has 0 aliphatic carbocycles. The van der Waals surface area contributed by atoms with Gasteiger partial charge in [-0.25, -0.2) is 0 Å². The fourth-order valence-corrected chi connectivity index (χ4v) is 5.96. The summed E-state index contributed by atoms with van der Waals surface area (Å²) >= 11 is 0. The Hall–Kier alpha value is -5.54. The first kappa shape index (κ1) is 24.3. The molecule has 200 valence electrons. The predicted octanol–water partition coefficient (Wildman–Crippen LogP) is 11.4. The van der Waals surface area contributed by atoms with E-state index >= 15 is 0 Å². The Morgan fingerprint density at radius 1 is 0.476 bits per heavy atom. The number of nitrogens with zero attached hydrogens (tertiary/aromatic N) is 1. The summed E-state index contributed by atoms with van der Waals surface area (Å²) < 4.78 is 12.7. The van der Waals surface area contributed by atoms with E-state index in [1.54, 1.807) is 0 Å². The van der Waals surface area contributed by atoms with Gasteiger partial charge in [0.2, 0.25) is 0 Å². The van der Waals surface area contributed by atoms with Gasteiger partial charge in [-0.15, -0.1) is 6.58 Å². The molecule has 6 aromatic carbocycles. The third-order valence-corrected chi connectivity index (χ3v) is 8.02. The molecule has 0 aliphatic rings. The smallest absolute Gasteiger partial charge is 0.137 e. The van der Waals surface area contributed by atoms with E-state index in [0.717, 1.165) is 72.9 Å². The maximum atomic E-state index is 6.48. The van der Waals surface area contributed by atoms with Gasteiger partial charge in [0.25, 0.3) is 0 Å². The van der Waals surface area contributed by atoms with Gasteiger partial charge >= 0.3 is 0 Å². The lowest BCUT2D eigenvalue weighted by Gasteiger charge is -2.25. The topological polar surface area (TPSA) is 29.5 Å². The average molecular weight is 542 g/mol. The summed E-state index contributed by atoms with van der Waals surface area (Å²) in [5.41, 5.74) is 10.1. The van der Waals surface area contributed by atoms with Crippen LogP contribution >= 0.6 is 0 Å². The van der Waals surface area contributed by atoms with Gasteiger partial charge in [-0.2, -0.15) is 0 Å². The maximum absolute atomic E-state index is 6.48. The number of anilines is 3. The summed E-state index contributed by atoms with van der Waals surface area (Å²) in [7, 11) is 0. The fourth-order valence-electron chi connectivity index (χ4n) is 5.96. The second-order valence-electron chi connectivity index (χ2n) is 10.6. The Morgan fingerprint density at radius 2 is 1.02 bits per heavy atom. The zero-order valence-corrected chi connectivity index (χ0v) is 23.0. The van der Waals surface area contributed by atoms with E-state index in [0.29, 0.717) is 0 Å². The van der Waals surface area contributed by atoms with Gasteiger partial charge in [-0.1, -0.05) is 72.8 Å². The number of hydrogen-bond acceptors (Lipinski definition) is 3. The summed E-state index contributed by atoms with van der Waals surface area (Å²) in [4.78, 5) is 2.26. The molecule has 0 atom stereocenters. The number of hydrogen-bond donors (Lipinski definition) is 0. The number of para-hydroxylation sites is 1. The molecule has 8 aromatic rings. The predicted molar refractivity (Wildman–Crippen MR) is 175 cm³/mol. The molecule has 42 heavy (non-hydrogen) atoms. The van der Waals surface area contributed by atoms with Crippen LogP contribution in [0.2, 0.25) is 0 Å². The molecule has 0 saturated heterocycles. The molecule has 0 amide bonds. The summed E-state index contributed by atoms with van der Waals surface area (Å²) in [6.45, 7) is 3.89. The van der Waals surface area contributed by atoms with Crippen LogP contribution in [0, 0.1) is 0 Å². The summed E-state index contributed by atoms with van der Waals surface area (Å²) in [6, 6.07) is 46.6. The van der Waals surface area contributed by atoms with Gasteiger partial charge < -0.3 is 13.7 Å². The Labute approximate surface area is 243 Å². The molecule has 2 aromatic heterocycles. The first-order valence-electron chi connectivity index (χ1n) is 14.2. The maximum Gasteiger partial charge on any atom is 0.137 e. The van der Waals surface area contributed by atoms with Crippen LogP contribution in [-0.2, 0) is 6.42 Å². The summed E-state index contributed by atoms with van der Waals surface area (Å²) in [5, 5.41) is 4.44. The molecule has 3 heteroatoms. The molecule has 3 nitrogen and oxygen atoms in total. The SMILES string of the molecule is C=CCc1ccc(N(c2ccc3c(c2)oc2ccccc23)c2ccc3c(c2)oc2cc(-c4ccccc4)ccc23)cc1. The second-order valence-corrected chi connectivity index (χ2v) is 10.6. The van der Waals surface area contributed by atoms with Crippen LogP contribution in [0.4, 0.5) is 17.1 Å². The molecule has 0 spiro atoms. The fraction of sp³-hybridized carbons (Fsp3) is 0.0256. The van der Waals surface area contributed by atoms with E-state index in [9.17, 15) is 0 Å². The summed E-state index contributed by atoms with van der Waals surface area (Å²) in [5.74, 6) is 0. The number of furan rings is 2. The molecule has 0 unspecified atom stereocenters. The summed E-state index contributed by atoms with van der Waals surface area (Å²) in [6.07, 6.45) is 2.77. The number of fused-ring (bicyclic) bond motifs is 6. The van der Waals surface area contributed by atoms with Gasteiger partial charge in [-0.3, -0.25) is 0 Å². The highest BCUT2D eigenvalue weighted by atomic mass is 16.3. The zero-order valence-electron chi connectivity index (χ0n) is 23.0. The second kappa shape index (κ2) is 9.83. The minimum Gasteiger partial charge on any atom is -0.456 e. The lowest BCUT2D eigenvalue weighted by molar-refractivity contribution is 0.669. The third-order valence-electron chi connectivity index (χ3n) is 8.02. The minimum absolute atomic E-state index is 0.834. The molecule has 0 radical (unpaired) electrons. The van der Waals surface area contributed by atoms with Crippen LogP contribution in [-0.4, -0.2) is 0 Å². The number of allylic oxidation sites excluding steroid dienone is 1. The van der Waals surface area contributed by atoms with E-state index in [2.05, 4.69) is 121 Å². The molecule has 8 rings (SSSR count). The standard InChI is InChI=1S/C39H27NO2/c1-2-8-26-13-16-29(17-14-26)40(30-18-21-34-32-11-6-7-12-36(32)41-38(34)24-30)31-19-22-35-33-20-15-28(27-9-4-3-5-10-27)23-37(33)42-39(35)25-31/h2-7,9-25H,1,8H2. The lowest BCUT2D eigenvalue weighted by Crippen LogP contribution is -2.09. The van der Waals surface area contributed by atoms with Crippen LogP contribution in [0.1, 0.15) is 5.56 Å². The van der Waals surface area contributed by atoms with Crippen LogP contribution in [0.3, 0.4) is 0 Å². The van der Waals surface area contributed by atoms with E-state index in [1.807, 2.05) is 30.3 Å². The van der Waals surface area contributed by atoms with Gasteiger partial charge in [0, 0.05) is 50.7 Å². The first-order valence-corrected chi connectivity index (χ1v) is 14.2. The molecule has 0 bridgehead atoms. The van der Waals surface area contributed by atoms with E-state index < -0.39 is 0 Å². The van der Waals surface area contributed by atoms with Crippen molar-refractivity contribution in [2.24, 2.45) is 0 Å². The first-order chi connectivity index (χ1) is 20.7. The van der Waals surface area contributed by atoms with E-state index in [4.69, 9.17) is 8.83 Å². The van der Waals surface area contributed by atoms with Gasteiger partial charge in [0.1, 0.15) is 22.3 Å². The highest BCUT2D eigenvalue weighted by molar-refractivity contribution is 6.08. The molecule has 0 fully saturated rings. The molecular weight excluding hydrogens is 514 g/mol. The van der Waals surface area contributed by atoms with Crippen molar-refractivity contribution < 1.29 is 8.83 Å². The Morgan fingerprint density at radius 3 is 1.71 bits per heavy atom. The van der Waals surface area contributed by atoms with Crippen molar-refractivity contribution in [1.29, 1.82) is 0 Å². The molecule has 0 N–H and O–H groups in total. The largest absolute Gasteiger partial charge is 0.456 e. The van der Waals surface area contributed by atoms with Crippen molar-refractivity contribution in [1.82, 2.24) is 0 Å². The van der Waals surface area contributed by atoms with E-state index in [1.165, 1.54) is 11.1 Å². The molecular formula is C39H27NO2. The average Bonchev–Trinajstić information content (AvgIpc) is 3.59. The van der Waals surface area contributed by atoms with Crippen LogP contribution in [0.15, 0.2) is 155 Å². The monoisotopic (exact) mass is 541 g/mol. The quantitative estimate of drug-likeness (QED) is 0.196. The van der Waals surface area contributed by atoms with Crippen LogP contribution in [0.25, 0.3) is 55.0 Å². The van der Waals surface area contributed by atoms with Crippen molar-refractivity contribution in [3.8, 4) is 11.1 Å². The van der Waals surface area contributed by atoms with Crippen LogP contribution < -0.4 is 4.90 Å². The van der Waals surface area contributed by atoms with Crippen LogP contribution in [0.5, 0.6) is 0 Å². The normalized spacial score (nSPS) is 11.5. The lowest BCUT2D eigenvalue weighted by atomic mass is 10.0. The Bertz CT molecular complexity index is 2240. The van der Waals surface area contributed by atoms with Crippen molar-refractivity contribution in [3.63, 3.8) is 0 Å². The Kier molecular flexibility index (Phi) is 5.68. The van der Waals surface area contributed by atoms with Gasteiger partial charge in [0.15, 0.2) is 0 Å². The highest BCUT2D eigenvalue weighted by Crippen LogP contribution is 2.41. The third kappa shape index (κ3) is 4.06. The van der Waals surface area contributed by atoms with Gasteiger partial charge in [-0.05, 0) is 77.7 Å².